The molecule has 4 heteroatoms. The zero-order valence-corrected chi connectivity index (χ0v) is 11.6. The van der Waals surface area contributed by atoms with Crippen molar-refractivity contribution in [2.75, 3.05) is 6.54 Å². The Morgan fingerprint density at radius 2 is 2.12 bits per heavy atom. The maximum atomic E-state index is 6.19. The van der Waals surface area contributed by atoms with Crippen molar-refractivity contribution in [2.24, 2.45) is 5.73 Å². The lowest BCUT2D eigenvalue weighted by Gasteiger charge is -2.36. The van der Waals surface area contributed by atoms with Crippen LogP contribution < -0.4 is 5.73 Å². The molecule has 0 radical (unpaired) electrons. The molecule has 1 saturated heterocycles. The molecule has 1 aliphatic heterocycles. The number of nitrogens with two attached hydrogens (primary N) is 1. The van der Waals surface area contributed by atoms with E-state index in [2.05, 4.69) is 41.6 Å². The van der Waals surface area contributed by atoms with Gasteiger partial charge in [0.05, 0.1) is 6.04 Å². The van der Waals surface area contributed by atoms with E-state index in [-0.39, 0.29) is 17.6 Å². The van der Waals surface area contributed by atoms with Crippen molar-refractivity contribution in [3.8, 4) is 0 Å². The van der Waals surface area contributed by atoms with Crippen molar-refractivity contribution >= 4 is 15.9 Å². The molecule has 0 aromatic carbocycles. The molecule has 1 aliphatic rings. The lowest BCUT2D eigenvalue weighted by atomic mass is 10.0. The monoisotopic (exact) mass is 286 g/mol. The van der Waals surface area contributed by atoms with Crippen molar-refractivity contribution in [3.05, 3.63) is 22.6 Å². The summed E-state index contributed by atoms with van der Waals surface area (Å²) in [7, 11) is 0. The largest absolute Gasteiger partial charge is 0.453 e. The molecular formula is C12H19BrN2O. The van der Waals surface area contributed by atoms with Gasteiger partial charge in [-0.1, -0.05) is 0 Å². The molecule has 90 valence electrons. The smallest absolute Gasteiger partial charge is 0.169 e. The van der Waals surface area contributed by atoms with Gasteiger partial charge in [-0.25, -0.2) is 0 Å². The van der Waals surface area contributed by atoms with Gasteiger partial charge in [-0.3, -0.25) is 4.90 Å². The van der Waals surface area contributed by atoms with Gasteiger partial charge in [0.25, 0.3) is 0 Å². The van der Waals surface area contributed by atoms with Crippen LogP contribution in [-0.4, -0.2) is 23.0 Å². The first-order valence-electron chi connectivity index (χ1n) is 5.67. The van der Waals surface area contributed by atoms with Gasteiger partial charge in [-0.05, 0) is 55.3 Å². The van der Waals surface area contributed by atoms with E-state index in [0.717, 1.165) is 23.4 Å². The van der Waals surface area contributed by atoms with Crippen LogP contribution in [0.5, 0.6) is 0 Å². The molecule has 2 heterocycles. The Morgan fingerprint density at radius 1 is 1.44 bits per heavy atom. The maximum Gasteiger partial charge on any atom is 0.169 e. The fraction of sp³-hybridized carbons (Fsp3) is 0.667. The van der Waals surface area contributed by atoms with E-state index in [1.807, 2.05) is 12.1 Å². The molecule has 2 N–H and O–H groups in total. The highest BCUT2D eigenvalue weighted by Crippen LogP contribution is 2.37. The van der Waals surface area contributed by atoms with Crippen LogP contribution in [0.15, 0.2) is 21.2 Å². The Hall–Kier alpha value is -0.320. The topological polar surface area (TPSA) is 42.4 Å². The number of rotatable bonds is 1. The van der Waals surface area contributed by atoms with Crippen LogP contribution in [0, 0.1) is 0 Å². The fourth-order valence-corrected chi connectivity index (χ4v) is 2.74. The van der Waals surface area contributed by atoms with Gasteiger partial charge in [-0.15, -0.1) is 0 Å². The molecule has 0 amide bonds. The second kappa shape index (κ2) is 4.17. The molecule has 0 spiro atoms. The lowest BCUT2D eigenvalue weighted by molar-refractivity contribution is 0.103. The zero-order valence-electron chi connectivity index (χ0n) is 10.0. The third-order valence-corrected chi connectivity index (χ3v) is 3.62. The van der Waals surface area contributed by atoms with Gasteiger partial charge in [-0.2, -0.15) is 0 Å². The maximum absolute atomic E-state index is 6.19. The van der Waals surface area contributed by atoms with Gasteiger partial charge >= 0.3 is 0 Å². The summed E-state index contributed by atoms with van der Waals surface area (Å²) in [5.74, 6) is 0.965. The molecule has 2 rings (SSSR count). The van der Waals surface area contributed by atoms with E-state index >= 15 is 0 Å². The normalized spacial score (nSPS) is 27.6. The molecule has 0 aliphatic carbocycles. The molecule has 1 aromatic heterocycles. The van der Waals surface area contributed by atoms with Gasteiger partial charge < -0.3 is 10.2 Å². The molecule has 0 saturated carbocycles. The predicted octanol–water partition coefficient (Wildman–Crippen LogP) is 2.91. The highest BCUT2D eigenvalue weighted by Gasteiger charge is 2.40. The first-order valence-corrected chi connectivity index (χ1v) is 6.46. The summed E-state index contributed by atoms with van der Waals surface area (Å²) in [6, 6.07) is 4.31. The number of hydrogen-bond donors (Lipinski definition) is 1. The fourth-order valence-electron chi connectivity index (χ4n) is 2.42. The van der Waals surface area contributed by atoms with Gasteiger partial charge in [0.2, 0.25) is 0 Å². The molecular weight excluding hydrogens is 268 g/mol. The van der Waals surface area contributed by atoms with Crippen LogP contribution in [0.2, 0.25) is 0 Å². The average Bonchev–Trinajstić information content (AvgIpc) is 2.70. The molecule has 1 fully saturated rings. The second-order valence-electron chi connectivity index (χ2n) is 5.40. The van der Waals surface area contributed by atoms with E-state index in [1.54, 1.807) is 0 Å². The molecule has 3 nitrogen and oxygen atoms in total. The van der Waals surface area contributed by atoms with Crippen LogP contribution in [0.1, 0.15) is 39.0 Å². The summed E-state index contributed by atoms with van der Waals surface area (Å²) in [6.45, 7) is 7.69. The SMILES string of the molecule is CC(C)(C)N1CCC(N)C1c1ccc(Br)o1. The second-order valence-corrected chi connectivity index (χ2v) is 6.19. The molecule has 16 heavy (non-hydrogen) atoms. The lowest BCUT2D eigenvalue weighted by Crippen LogP contribution is -2.43. The van der Waals surface area contributed by atoms with Crippen LogP contribution in [0.4, 0.5) is 0 Å². The highest BCUT2D eigenvalue weighted by molar-refractivity contribution is 9.10. The minimum atomic E-state index is 0.123. The number of hydrogen-bond acceptors (Lipinski definition) is 3. The first-order chi connectivity index (χ1) is 7.39. The Labute approximate surface area is 105 Å². The van der Waals surface area contributed by atoms with E-state index in [1.165, 1.54) is 0 Å². The van der Waals surface area contributed by atoms with E-state index < -0.39 is 0 Å². The Kier molecular flexibility index (Phi) is 3.16. The number of halogens is 1. The Morgan fingerprint density at radius 3 is 2.62 bits per heavy atom. The van der Waals surface area contributed by atoms with Crippen molar-refractivity contribution in [3.63, 3.8) is 0 Å². The standard InChI is InChI=1S/C12H19BrN2O/c1-12(2,3)15-7-6-8(14)11(15)9-4-5-10(13)16-9/h4-5,8,11H,6-7,14H2,1-3H3. The highest BCUT2D eigenvalue weighted by atomic mass is 79.9. The first kappa shape index (κ1) is 12.1. The molecule has 2 unspecified atom stereocenters. The minimum absolute atomic E-state index is 0.123. The zero-order chi connectivity index (χ0) is 11.9. The van der Waals surface area contributed by atoms with Crippen LogP contribution in [-0.2, 0) is 0 Å². The van der Waals surface area contributed by atoms with E-state index in [0.29, 0.717) is 0 Å². The summed E-state index contributed by atoms with van der Waals surface area (Å²) >= 11 is 3.34. The number of likely N-dealkylation sites (tertiary alicyclic amines) is 1. The average molecular weight is 287 g/mol. The third-order valence-electron chi connectivity index (χ3n) is 3.19. The van der Waals surface area contributed by atoms with Crippen LogP contribution in [0.25, 0.3) is 0 Å². The third kappa shape index (κ3) is 2.19. The van der Waals surface area contributed by atoms with Crippen molar-refractivity contribution in [1.29, 1.82) is 0 Å². The van der Waals surface area contributed by atoms with Crippen molar-refractivity contribution in [2.45, 2.75) is 44.8 Å². The minimum Gasteiger partial charge on any atom is -0.453 e. The van der Waals surface area contributed by atoms with Crippen LogP contribution in [0.3, 0.4) is 0 Å². The molecule has 0 bridgehead atoms. The van der Waals surface area contributed by atoms with Gasteiger partial charge in [0.15, 0.2) is 4.67 Å². The summed E-state index contributed by atoms with van der Waals surface area (Å²) < 4.78 is 6.43. The number of furan rings is 1. The molecule has 2 atom stereocenters. The van der Waals surface area contributed by atoms with Crippen molar-refractivity contribution in [1.82, 2.24) is 4.90 Å². The van der Waals surface area contributed by atoms with Gasteiger partial charge in [0.1, 0.15) is 5.76 Å². The van der Waals surface area contributed by atoms with E-state index in [4.69, 9.17) is 10.2 Å². The van der Waals surface area contributed by atoms with Crippen LogP contribution >= 0.6 is 15.9 Å². The molecule has 1 aromatic rings. The Balaban J connectivity index is 2.29. The quantitative estimate of drug-likeness (QED) is 0.863. The van der Waals surface area contributed by atoms with Crippen molar-refractivity contribution < 1.29 is 4.42 Å². The van der Waals surface area contributed by atoms with E-state index in [9.17, 15) is 0 Å². The Bertz CT molecular complexity index is 369. The summed E-state index contributed by atoms with van der Waals surface area (Å²) in [5.41, 5.74) is 6.31. The summed E-state index contributed by atoms with van der Waals surface area (Å²) in [6.07, 6.45) is 1.03. The van der Waals surface area contributed by atoms with Gasteiger partial charge in [0, 0.05) is 18.1 Å². The predicted molar refractivity (Wildman–Crippen MR) is 68.2 cm³/mol. The number of nitrogens with zero attached hydrogens (tertiary/aromatic N) is 1. The summed E-state index contributed by atoms with van der Waals surface area (Å²) in [4.78, 5) is 2.42. The summed E-state index contributed by atoms with van der Waals surface area (Å²) in [5, 5.41) is 0.